The van der Waals surface area contributed by atoms with E-state index in [0.717, 1.165) is 15.2 Å². The molecule has 44 heavy (non-hydrogen) atoms. The molecule has 5 aromatic rings. The Labute approximate surface area is 264 Å². The minimum atomic E-state index is -4.00. The largest absolute Gasteiger partial charge is 0.490 e. The molecule has 3 aromatic heterocycles. The second kappa shape index (κ2) is 13.4. The van der Waals surface area contributed by atoms with Gasteiger partial charge in [0, 0.05) is 36.7 Å². The molecular weight excluding hydrogens is 646 g/mol. The number of nitrogens with zero attached hydrogens (tertiary/aromatic N) is 5. The van der Waals surface area contributed by atoms with Crippen LogP contribution in [-0.2, 0) is 26.1 Å². The molecule has 0 unspecified atom stereocenters. The fourth-order valence-corrected chi connectivity index (χ4v) is 6.57. The average Bonchev–Trinajstić information content (AvgIpc) is 3.43. The Bertz CT molecular complexity index is 1840. The summed E-state index contributed by atoms with van der Waals surface area (Å²) in [5.41, 5.74) is 3.52. The highest BCUT2D eigenvalue weighted by Gasteiger charge is 2.26. The zero-order valence-electron chi connectivity index (χ0n) is 24.2. The molecule has 0 amide bonds. The molecule has 0 bridgehead atoms. The van der Waals surface area contributed by atoms with E-state index in [9.17, 15) is 8.42 Å². The van der Waals surface area contributed by atoms with Gasteiger partial charge in [-0.15, -0.1) is 0 Å². The average molecular weight is 679 g/mol. The molecule has 0 N–H and O–H groups in total. The maximum absolute atomic E-state index is 13.7. The predicted octanol–water partition coefficient (Wildman–Crippen LogP) is 5.62. The summed E-state index contributed by atoms with van der Waals surface area (Å²) in [7, 11) is -4.00. The monoisotopic (exact) mass is 677 g/mol. The molecule has 0 aliphatic carbocycles. The maximum atomic E-state index is 13.7. The first kappa shape index (κ1) is 30.2. The number of halogens is 1. The molecule has 0 atom stereocenters. The van der Waals surface area contributed by atoms with Crippen LogP contribution in [0.5, 0.6) is 5.75 Å². The van der Waals surface area contributed by atoms with Gasteiger partial charge in [0.25, 0.3) is 10.0 Å². The minimum absolute atomic E-state index is 0.140. The van der Waals surface area contributed by atoms with Gasteiger partial charge in [-0.3, -0.25) is 0 Å². The van der Waals surface area contributed by atoms with E-state index in [2.05, 4.69) is 30.9 Å². The summed E-state index contributed by atoms with van der Waals surface area (Å²) in [4.78, 5) is 11.4. The van der Waals surface area contributed by atoms with Crippen molar-refractivity contribution in [2.45, 2.75) is 24.8 Å². The second-order valence-corrected chi connectivity index (χ2v) is 13.0. The van der Waals surface area contributed by atoms with Crippen LogP contribution in [0.1, 0.15) is 17.5 Å². The van der Waals surface area contributed by atoms with Crippen molar-refractivity contribution in [2.75, 3.05) is 44.4 Å². The molecule has 2 aromatic carbocycles. The lowest BCUT2D eigenvalue weighted by Gasteiger charge is -2.29. The van der Waals surface area contributed by atoms with Gasteiger partial charge in [0.1, 0.15) is 15.8 Å². The van der Waals surface area contributed by atoms with Gasteiger partial charge in [0.2, 0.25) is 0 Å². The number of morpholine rings is 1. The van der Waals surface area contributed by atoms with Crippen LogP contribution in [0.15, 0.2) is 88.6 Å². The van der Waals surface area contributed by atoms with Crippen molar-refractivity contribution < 1.29 is 22.6 Å². The van der Waals surface area contributed by atoms with E-state index in [-0.39, 0.29) is 4.90 Å². The first-order valence-electron chi connectivity index (χ1n) is 14.3. The lowest BCUT2D eigenvalue weighted by atomic mass is 10.1. The van der Waals surface area contributed by atoms with Crippen LogP contribution in [-0.4, -0.2) is 67.1 Å². The van der Waals surface area contributed by atoms with Gasteiger partial charge >= 0.3 is 0 Å². The summed E-state index contributed by atoms with van der Waals surface area (Å²) in [5.74, 6) is 1.30. The summed E-state index contributed by atoms with van der Waals surface area (Å²) >= 11 is 3.43. The number of rotatable bonds is 11. The third kappa shape index (κ3) is 6.63. The molecule has 0 saturated carbocycles. The highest BCUT2D eigenvalue weighted by Crippen LogP contribution is 2.36. The number of aromatic nitrogens is 4. The Morgan fingerprint density at radius 3 is 2.50 bits per heavy atom. The SMILES string of the molecule is Cc1ccc(S(=O)(=O)n2nc(-c3cnc(N4CCOCC4)c(OCCCOCc4ccccc4)c3)c3cc(Br)ncc32)cc1. The van der Waals surface area contributed by atoms with Gasteiger partial charge in [-0.1, -0.05) is 48.0 Å². The van der Waals surface area contributed by atoms with Gasteiger partial charge in [-0.2, -0.15) is 17.6 Å². The third-order valence-corrected chi connectivity index (χ3v) is 9.30. The number of aryl methyl sites for hydroxylation is 1. The standard InChI is InChI=1S/C32H32BrN5O5S/c1-23-8-10-26(11-9-23)44(39,40)38-28-21-34-30(33)19-27(28)31(36-38)25-18-29(32(35-20-25)37-12-16-41-17-13-37)43-15-5-14-42-22-24-6-3-2-4-7-24/h2-4,6-11,18-21H,5,12-17,22H2,1H3. The van der Waals surface area contributed by atoms with Gasteiger partial charge in [0.15, 0.2) is 11.6 Å². The Kier molecular flexibility index (Phi) is 9.22. The molecule has 0 spiro atoms. The van der Waals surface area contributed by atoms with Gasteiger partial charge in [-0.05, 0) is 52.7 Å². The first-order chi connectivity index (χ1) is 21.4. The maximum Gasteiger partial charge on any atom is 0.283 e. The number of pyridine rings is 2. The highest BCUT2D eigenvalue weighted by atomic mass is 79.9. The number of hydrogen-bond acceptors (Lipinski definition) is 9. The highest BCUT2D eigenvalue weighted by molar-refractivity contribution is 9.10. The van der Waals surface area contributed by atoms with E-state index in [4.69, 9.17) is 19.2 Å². The smallest absolute Gasteiger partial charge is 0.283 e. The van der Waals surface area contributed by atoms with Gasteiger partial charge < -0.3 is 19.1 Å². The summed E-state index contributed by atoms with van der Waals surface area (Å²) < 4.78 is 46.7. The molecule has 1 saturated heterocycles. The Morgan fingerprint density at radius 2 is 1.73 bits per heavy atom. The molecule has 6 rings (SSSR count). The van der Waals surface area contributed by atoms with Crippen molar-refractivity contribution in [3.8, 4) is 17.0 Å². The molecule has 1 aliphatic rings. The van der Waals surface area contributed by atoms with Crippen molar-refractivity contribution in [1.29, 1.82) is 0 Å². The molecule has 1 aliphatic heterocycles. The summed E-state index contributed by atoms with van der Waals surface area (Å²) in [6, 6.07) is 20.4. The lowest BCUT2D eigenvalue weighted by molar-refractivity contribution is 0.107. The van der Waals surface area contributed by atoms with E-state index in [1.807, 2.05) is 43.3 Å². The topological polar surface area (TPSA) is 109 Å². The fraction of sp³-hybridized carbons (Fsp3) is 0.281. The van der Waals surface area contributed by atoms with Crippen LogP contribution in [0.2, 0.25) is 0 Å². The quantitative estimate of drug-likeness (QED) is 0.130. The number of anilines is 1. The van der Waals surface area contributed by atoms with Crippen LogP contribution in [0.25, 0.3) is 22.2 Å². The molecule has 0 radical (unpaired) electrons. The molecule has 10 nitrogen and oxygen atoms in total. The third-order valence-electron chi connectivity index (χ3n) is 7.27. The first-order valence-corrected chi connectivity index (χ1v) is 16.6. The van der Waals surface area contributed by atoms with E-state index >= 15 is 0 Å². The Hall–Kier alpha value is -3.84. The van der Waals surface area contributed by atoms with E-state index in [1.54, 1.807) is 36.5 Å². The molecule has 4 heterocycles. The number of fused-ring (bicyclic) bond motifs is 1. The Balaban J connectivity index is 1.30. The lowest BCUT2D eigenvalue weighted by Crippen LogP contribution is -2.37. The number of ether oxygens (including phenoxy) is 3. The second-order valence-electron chi connectivity index (χ2n) is 10.4. The van der Waals surface area contributed by atoms with Gasteiger partial charge in [-0.25, -0.2) is 9.97 Å². The molecule has 1 fully saturated rings. The van der Waals surface area contributed by atoms with Crippen LogP contribution in [0.4, 0.5) is 5.82 Å². The Morgan fingerprint density at radius 1 is 0.955 bits per heavy atom. The summed E-state index contributed by atoms with van der Waals surface area (Å²) in [6.45, 7) is 5.99. The molecular formula is C32H32BrN5O5S. The van der Waals surface area contributed by atoms with Crippen molar-refractivity contribution in [3.05, 3.63) is 94.9 Å². The molecule has 12 heteroatoms. The van der Waals surface area contributed by atoms with Crippen LogP contribution in [0.3, 0.4) is 0 Å². The van der Waals surface area contributed by atoms with Crippen LogP contribution in [0, 0.1) is 6.92 Å². The van der Waals surface area contributed by atoms with Crippen molar-refractivity contribution >= 4 is 42.7 Å². The van der Waals surface area contributed by atoms with Crippen molar-refractivity contribution in [3.63, 3.8) is 0 Å². The van der Waals surface area contributed by atoms with E-state index < -0.39 is 10.0 Å². The zero-order chi connectivity index (χ0) is 30.5. The van der Waals surface area contributed by atoms with E-state index in [0.29, 0.717) is 90.9 Å². The zero-order valence-corrected chi connectivity index (χ0v) is 26.6. The van der Waals surface area contributed by atoms with Gasteiger partial charge in [0.05, 0.1) is 44.1 Å². The number of hydrogen-bond donors (Lipinski definition) is 0. The molecule has 228 valence electrons. The van der Waals surface area contributed by atoms with Crippen LogP contribution < -0.4 is 9.64 Å². The van der Waals surface area contributed by atoms with Crippen molar-refractivity contribution in [2.24, 2.45) is 0 Å². The fourth-order valence-electron chi connectivity index (χ4n) is 4.96. The normalized spacial score (nSPS) is 13.8. The van der Waals surface area contributed by atoms with Crippen molar-refractivity contribution in [1.82, 2.24) is 19.2 Å². The van der Waals surface area contributed by atoms with E-state index in [1.165, 1.54) is 6.20 Å². The summed E-state index contributed by atoms with van der Waals surface area (Å²) in [5, 5.41) is 5.24. The summed E-state index contributed by atoms with van der Waals surface area (Å²) in [6.07, 6.45) is 3.90. The minimum Gasteiger partial charge on any atom is -0.490 e. The predicted molar refractivity (Wildman–Crippen MR) is 171 cm³/mol. The van der Waals surface area contributed by atoms with Crippen LogP contribution >= 0.6 is 15.9 Å². The number of benzene rings is 2.